The molecule has 0 aliphatic rings. The number of H-pyrrole nitrogens is 1. The molecule has 0 aliphatic heterocycles. The van der Waals surface area contributed by atoms with E-state index in [1.165, 1.54) is 36.7 Å². The lowest BCUT2D eigenvalue weighted by Gasteiger charge is -2.13. The summed E-state index contributed by atoms with van der Waals surface area (Å²) in [7, 11) is 0. The minimum Gasteiger partial charge on any atom is -0.494 e. The van der Waals surface area contributed by atoms with E-state index in [9.17, 15) is 26.7 Å². The van der Waals surface area contributed by atoms with Gasteiger partial charge in [-0.3, -0.25) is 0 Å². The topological polar surface area (TPSA) is 136 Å². The lowest BCUT2D eigenvalue weighted by molar-refractivity contribution is -0.758. The third-order valence-electron chi connectivity index (χ3n) is 6.58. The molecule has 0 bridgehead atoms. The van der Waals surface area contributed by atoms with Gasteiger partial charge in [0, 0.05) is 11.6 Å². The smallest absolute Gasteiger partial charge is 0.417 e. The first-order valence-corrected chi connectivity index (χ1v) is 14.0. The summed E-state index contributed by atoms with van der Waals surface area (Å²) in [5.41, 5.74) is -1.23. The second-order valence-corrected chi connectivity index (χ2v) is 9.81. The number of esters is 1. The molecule has 46 heavy (non-hydrogen) atoms. The molecule has 242 valence electrons. The average molecular weight is 649 g/mol. The number of ether oxygens (including phenoxy) is 3. The van der Waals surface area contributed by atoms with E-state index in [-0.39, 0.29) is 78.2 Å². The van der Waals surface area contributed by atoms with Gasteiger partial charge in [0.1, 0.15) is 41.1 Å². The SMILES string of the molecule is CCCOc1ccc(-c2cc(C(C(=O)OCCOCCO)[n+]3cc4[nH]c(-c5cccc(F)c5F)nc4cn3)on2)c(C(F)(F)F)c1. The fourth-order valence-corrected chi connectivity index (χ4v) is 4.48. The zero-order valence-electron chi connectivity index (χ0n) is 24.2. The standard InChI is InChI=1S/C30H26F5N5O6/c1-2-9-44-17-6-7-18(20(13-17)30(33,34)35)22-14-25(46-39-22)27(29(42)45-12-11-43-10-8-41)40-16-24-23(15-36-40)37-28(38-24)19-4-3-5-21(31)26(19)32/h3-7,13-16,27,41H,2,8-12H2,1H3/p+1. The first kappa shape index (κ1) is 32.4. The summed E-state index contributed by atoms with van der Waals surface area (Å²) in [6.45, 7) is 1.53. The van der Waals surface area contributed by atoms with Crippen LogP contribution in [0.5, 0.6) is 5.75 Å². The maximum Gasteiger partial charge on any atom is 0.417 e. The maximum atomic E-state index is 14.4. The highest BCUT2D eigenvalue weighted by Crippen LogP contribution is 2.39. The Balaban J connectivity index is 1.52. The first-order chi connectivity index (χ1) is 22.1. The van der Waals surface area contributed by atoms with Crippen LogP contribution in [0.25, 0.3) is 33.7 Å². The number of hydrogen-bond acceptors (Lipinski definition) is 9. The number of aliphatic hydroxyl groups is 1. The molecule has 0 radical (unpaired) electrons. The Kier molecular flexibility index (Phi) is 9.87. The molecule has 0 saturated heterocycles. The molecular weight excluding hydrogens is 621 g/mol. The molecule has 16 heteroatoms. The Labute approximate surface area is 257 Å². The number of carbonyl (C=O) groups excluding carboxylic acids is 1. The Bertz CT molecular complexity index is 1830. The van der Waals surface area contributed by atoms with Crippen LogP contribution in [0.15, 0.2) is 59.4 Å². The average Bonchev–Trinajstić information content (AvgIpc) is 3.68. The number of fused-ring (bicyclic) bond motifs is 1. The zero-order chi connectivity index (χ0) is 32.8. The van der Waals surface area contributed by atoms with Crippen LogP contribution in [-0.4, -0.2) is 64.3 Å². The maximum absolute atomic E-state index is 14.4. The number of imidazole rings is 1. The van der Waals surface area contributed by atoms with Crippen molar-refractivity contribution in [3.05, 3.63) is 77.8 Å². The van der Waals surface area contributed by atoms with Crippen molar-refractivity contribution in [1.82, 2.24) is 20.2 Å². The van der Waals surface area contributed by atoms with Gasteiger partial charge in [-0.05, 0) is 41.9 Å². The second-order valence-electron chi connectivity index (χ2n) is 9.81. The molecular formula is C30H27F5N5O6+. The molecule has 3 aromatic heterocycles. The highest BCUT2D eigenvalue weighted by molar-refractivity contribution is 5.78. The number of aliphatic hydroxyl groups excluding tert-OH is 1. The number of benzene rings is 2. The Morgan fingerprint density at radius 2 is 1.91 bits per heavy atom. The third kappa shape index (κ3) is 7.13. The van der Waals surface area contributed by atoms with Gasteiger partial charge in [-0.1, -0.05) is 22.8 Å². The van der Waals surface area contributed by atoms with E-state index in [1.807, 2.05) is 6.92 Å². The fourth-order valence-electron chi connectivity index (χ4n) is 4.48. The minimum atomic E-state index is -4.77. The van der Waals surface area contributed by atoms with Crippen molar-refractivity contribution in [2.75, 3.05) is 33.0 Å². The van der Waals surface area contributed by atoms with Crippen LogP contribution in [0.3, 0.4) is 0 Å². The van der Waals surface area contributed by atoms with E-state index in [4.69, 9.17) is 23.8 Å². The van der Waals surface area contributed by atoms with Crippen LogP contribution in [0, 0.1) is 11.6 Å². The van der Waals surface area contributed by atoms with Crippen molar-refractivity contribution in [3.63, 3.8) is 0 Å². The normalized spacial score (nSPS) is 12.4. The molecule has 1 unspecified atom stereocenters. The zero-order valence-corrected chi connectivity index (χ0v) is 24.2. The molecule has 5 rings (SSSR count). The quantitative estimate of drug-likeness (QED) is 0.0799. The molecule has 0 aliphatic carbocycles. The number of aromatic amines is 1. The summed E-state index contributed by atoms with van der Waals surface area (Å²) in [4.78, 5) is 20.4. The van der Waals surface area contributed by atoms with Gasteiger partial charge in [-0.15, -0.1) is 0 Å². The number of nitrogens with one attached hydrogen (secondary N) is 1. The van der Waals surface area contributed by atoms with Crippen molar-refractivity contribution in [1.29, 1.82) is 0 Å². The van der Waals surface area contributed by atoms with E-state index in [2.05, 4.69) is 20.2 Å². The molecule has 5 aromatic rings. The summed E-state index contributed by atoms with van der Waals surface area (Å²) in [5, 5.41) is 16.9. The van der Waals surface area contributed by atoms with Crippen LogP contribution in [0.4, 0.5) is 22.0 Å². The summed E-state index contributed by atoms with van der Waals surface area (Å²) < 4.78 is 92.7. The van der Waals surface area contributed by atoms with Gasteiger partial charge < -0.3 is 28.8 Å². The fraction of sp³-hybridized carbons (Fsp3) is 0.300. The van der Waals surface area contributed by atoms with E-state index in [0.717, 1.165) is 22.9 Å². The molecule has 0 amide bonds. The summed E-state index contributed by atoms with van der Waals surface area (Å²) in [6, 6.07) is 6.67. The molecule has 1 atom stereocenters. The van der Waals surface area contributed by atoms with Crippen LogP contribution < -0.4 is 9.42 Å². The van der Waals surface area contributed by atoms with Gasteiger partial charge in [0.05, 0.1) is 37.6 Å². The van der Waals surface area contributed by atoms with E-state index in [1.54, 1.807) is 0 Å². The molecule has 11 nitrogen and oxygen atoms in total. The van der Waals surface area contributed by atoms with E-state index < -0.39 is 35.4 Å². The van der Waals surface area contributed by atoms with Crippen LogP contribution in [0.1, 0.15) is 30.7 Å². The predicted molar refractivity (Wildman–Crippen MR) is 149 cm³/mol. The number of hydrogen-bond donors (Lipinski definition) is 2. The Morgan fingerprint density at radius 3 is 2.67 bits per heavy atom. The van der Waals surface area contributed by atoms with Crippen molar-refractivity contribution >= 4 is 17.0 Å². The molecule has 0 saturated carbocycles. The van der Waals surface area contributed by atoms with Gasteiger partial charge >= 0.3 is 18.2 Å². The highest BCUT2D eigenvalue weighted by Gasteiger charge is 2.40. The summed E-state index contributed by atoms with van der Waals surface area (Å²) in [6.07, 6.45) is -1.61. The van der Waals surface area contributed by atoms with Gasteiger partial charge in [0.15, 0.2) is 11.6 Å². The molecule has 2 aromatic carbocycles. The van der Waals surface area contributed by atoms with Gasteiger partial charge in [-0.25, -0.2) is 18.6 Å². The van der Waals surface area contributed by atoms with Gasteiger partial charge in [0.25, 0.3) is 0 Å². The van der Waals surface area contributed by atoms with Crippen LogP contribution >= 0.6 is 0 Å². The lowest BCUT2D eigenvalue weighted by atomic mass is 10.0. The number of carbonyl (C=O) groups is 1. The molecule has 3 heterocycles. The molecule has 0 fully saturated rings. The van der Waals surface area contributed by atoms with Gasteiger partial charge in [-0.2, -0.15) is 13.2 Å². The summed E-state index contributed by atoms with van der Waals surface area (Å²) in [5.74, 6) is -3.33. The molecule has 0 spiro atoms. The van der Waals surface area contributed by atoms with Crippen molar-refractivity contribution in [3.8, 4) is 28.4 Å². The third-order valence-corrected chi connectivity index (χ3v) is 6.58. The number of rotatable bonds is 13. The van der Waals surface area contributed by atoms with E-state index in [0.29, 0.717) is 6.42 Å². The molecule has 2 N–H and O–H groups in total. The number of alkyl halides is 3. The highest BCUT2D eigenvalue weighted by atomic mass is 19.4. The Hall–Kier alpha value is -4.96. The second kappa shape index (κ2) is 14.0. The summed E-state index contributed by atoms with van der Waals surface area (Å²) >= 11 is 0. The number of halogens is 5. The Morgan fingerprint density at radius 1 is 1.09 bits per heavy atom. The number of aromatic nitrogens is 5. The van der Waals surface area contributed by atoms with Crippen LogP contribution in [0.2, 0.25) is 0 Å². The van der Waals surface area contributed by atoms with Crippen molar-refractivity contribution < 1.29 is 55.3 Å². The van der Waals surface area contributed by atoms with E-state index >= 15 is 0 Å². The van der Waals surface area contributed by atoms with Gasteiger partial charge in [0.2, 0.25) is 12.0 Å². The largest absolute Gasteiger partial charge is 0.494 e. The monoisotopic (exact) mass is 648 g/mol. The lowest BCUT2D eigenvalue weighted by Crippen LogP contribution is -2.48. The first-order valence-electron chi connectivity index (χ1n) is 14.0. The van der Waals surface area contributed by atoms with Crippen LogP contribution in [-0.2, 0) is 20.4 Å². The predicted octanol–water partition coefficient (Wildman–Crippen LogP) is 4.79. The van der Waals surface area contributed by atoms with Crippen molar-refractivity contribution in [2.24, 2.45) is 0 Å². The van der Waals surface area contributed by atoms with Crippen molar-refractivity contribution in [2.45, 2.75) is 25.6 Å². The number of nitrogens with zero attached hydrogens (tertiary/aromatic N) is 4. The minimum absolute atomic E-state index is 0.0112.